The minimum atomic E-state index is -4.40. The van der Waals surface area contributed by atoms with E-state index in [1.807, 2.05) is 18.2 Å². The van der Waals surface area contributed by atoms with Crippen LogP contribution in [0.1, 0.15) is 28.7 Å². The van der Waals surface area contributed by atoms with Gasteiger partial charge < -0.3 is 9.15 Å². The Morgan fingerprint density at radius 2 is 1.72 bits per heavy atom. The first-order chi connectivity index (χ1) is 15.3. The number of ether oxygens (including phenoxy) is 1. The van der Waals surface area contributed by atoms with Gasteiger partial charge in [0.05, 0.1) is 17.9 Å². The van der Waals surface area contributed by atoms with Gasteiger partial charge in [-0.05, 0) is 26.0 Å². The minimum Gasteiger partial charge on any atom is -0.461 e. The lowest BCUT2D eigenvalue weighted by molar-refractivity contribution is -0.137. The fraction of sp³-hybridized carbons (Fsp3) is 0.174. The molecule has 0 saturated carbocycles. The molecule has 2 aromatic carbocycles. The first-order valence-corrected chi connectivity index (χ1v) is 10.5. The van der Waals surface area contributed by atoms with E-state index in [1.165, 1.54) is 23.5 Å². The van der Waals surface area contributed by atoms with E-state index in [9.17, 15) is 18.0 Å². The Bertz CT molecular complexity index is 1250. The van der Waals surface area contributed by atoms with Gasteiger partial charge in [0.1, 0.15) is 9.88 Å². The van der Waals surface area contributed by atoms with Crippen molar-refractivity contribution in [3.63, 3.8) is 0 Å². The Balaban J connectivity index is 1.74. The summed E-state index contributed by atoms with van der Waals surface area (Å²) in [6.07, 6.45) is -4.40. The molecule has 9 heteroatoms. The van der Waals surface area contributed by atoms with E-state index < -0.39 is 17.7 Å². The van der Waals surface area contributed by atoms with Crippen molar-refractivity contribution in [1.29, 1.82) is 0 Å². The van der Waals surface area contributed by atoms with Crippen LogP contribution in [0.3, 0.4) is 0 Å². The van der Waals surface area contributed by atoms with Crippen molar-refractivity contribution in [3.05, 3.63) is 71.5 Å². The van der Waals surface area contributed by atoms with E-state index in [2.05, 4.69) is 9.97 Å². The second-order valence-corrected chi connectivity index (χ2v) is 7.79. The summed E-state index contributed by atoms with van der Waals surface area (Å²) in [6.45, 7) is 3.63. The molecule has 2 aromatic heterocycles. The molecular formula is C23H17F3N2O3S. The summed E-state index contributed by atoms with van der Waals surface area (Å²) in [5.41, 5.74) is 1.12. The van der Waals surface area contributed by atoms with Crippen molar-refractivity contribution in [2.75, 3.05) is 6.61 Å². The Hall–Kier alpha value is -3.46. The largest absolute Gasteiger partial charge is 0.461 e. The number of esters is 1. The summed E-state index contributed by atoms with van der Waals surface area (Å²) in [7, 11) is 0. The number of aromatic nitrogens is 2. The third kappa shape index (κ3) is 4.29. The van der Waals surface area contributed by atoms with Gasteiger partial charge in [0.2, 0.25) is 5.89 Å². The molecule has 0 bridgehead atoms. The summed E-state index contributed by atoms with van der Waals surface area (Å²) in [5.74, 6) is -0.130. The Kier molecular flexibility index (Phi) is 5.84. The number of carbonyl (C=O) groups excluding carboxylic acids is 1. The summed E-state index contributed by atoms with van der Waals surface area (Å²) < 4.78 is 49.6. The highest BCUT2D eigenvalue weighted by Gasteiger charge is 2.30. The number of halogens is 3. The molecule has 0 aliphatic rings. The molecule has 0 N–H and O–H groups in total. The first-order valence-electron chi connectivity index (χ1n) is 9.66. The molecule has 0 atom stereocenters. The topological polar surface area (TPSA) is 65.2 Å². The van der Waals surface area contributed by atoms with Gasteiger partial charge in [-0.1, -0.05) is 42.5 Å². The second-order valence-electron chi connectivity index (χ2n) is 6.79. The van der Waals surface area contributed by atoms with Gasteiger partial charge in [0.25, 0.3) is 0 Å². The number of alkyl halides is 3. The number of carbonyl (C=O) groups is 1. The van der Waals surface area contributed by atoms with Crippen LogP contribution in [0.4, 0.5) is 13.2 Å². The maximum atomic E-state index is 12.8. The molecule has 0 aliphatic carbocycles. The van der Waals surface area contributed by atoms with Crippen LogP contribution in [0.15, 0.2) is 59.0 Å². The lowest BCUT2D eigenvalue weighted by atomic mass is 10.1. The number of benzene rings is 2. The zero-order valence-electron chi connectivity index (χ0n) is 17.1. The zero-order chi connectivity index (χ0) is 22.9. The SMILES string of the molecule is CCOC(=O)c1nc(-c2sc(-c3ccc(C(F)(F)F)cc3)nc2C)oc1-c1ccccc1. The predicted octanol–water partition coefficient (Wildman–Crippen LogP) is 6.64. The van der Waals surface area contributed by atoms with Crippen LogP contribution in [0, 0.1) is 6.92 Å². The van der Waals surface area contributed by atoms with Crippen LogP contribution < -0.4 is 0 Å². The van der Waals surface area contributed by atoms with Crippen molar-refractivity contribution in [2.45, 2.75) is 20.0 Å². The van der Waals surface area contributed by atoms with Gasteiger partial charge >= 0.3 is 12.1 Å². The van der Waals surface area contributed by atoms with E-state index in [4.69, 9.17) is 9.15 Å². The molecule has 164 valence electrons. The van der Waals surface area contributed by atoms with Crippen LogP contribution in [0.25, 0.3) is 32.7 Å². The van der Waals surface area contributed by atoms with E-state index in [-0.39, 0.29) is 24.0 Å². The van der Waals surface area contributed by atoms with Gasteiger partial charge in [-0.2, -0.15) is 13.2 Å². The van der Waals surface area contributed by atoms with E-state index >= 15 is 0 Å². The number of thiazole rings is 1. The molecule has 0 aliphatic heterocycles. The van der Waals surface area contributed by atoms with Crippen molar-refractivity contribution in [1.82, 2.24) is 9.97 Å². The van der Waals surface area contributed by atoms with Crippen molar-refractivity contribution in [2.24, 2.45) is 0 Å². The van der Waals surface area contributed by atoms with Crippen LogP contribution in [0.5, 0.6) is 0 Å². The highest BCUT2D eigenvalue weighted by atomic mass is 32.1. The molecule has 4 rings (SSSR count). The predicted molar refractivity (Wildman–Crippen MR) is 114 cm³/mol. The van der Waals surface area contributed by atoms with E-state index in [1.54, 1.807) is 26.0 Å². The van der Waals surface area contributed by atoms with E-state index in [0.717, 1.165) is 12.1 Å². The van der Waals surface area contributed by atoms with Crippen LogP contribution in [-0.2, 0) is 10.9 Å². The molecule has 0 fully saturated rings. The first kappa shape index (κ1) is 21.8. The molecule has 0 unspecified atom stereocenters. The van der Waals surface area contributed by atoms with Gasteiger partial charge in [0, 0.05) is 11.1 Å². The fourth-order valence-electron chi connectivity index (χ4n) is 3.06. The molecular weight excluding hydrogens is 441 g/mol. The molecule has 0 amide bonds. The fourth-order valence-corrected chi connectivity index (χ4v) is 4.06. The van der Waals surface area contributed by atoms with Gasteiger partial charge in [-0.15, -0.1) is 11.3 Å². The number of rotatable bonds is 5. The molecule has 0 saturated heterocycles. The summed E-state index contributed by atoms with van der Waals surface area (Å²) in [4.78, 5) is 21.9. The standard InChI is InChI=1S/C23H17F3N2O3S/c1-3-30-22(29)17-18(14-7-5-4-6-8-14)31-20(28-17)19-13(2)27-21(32-19)15-9-11-16(12-10-15)23(24,25)26/h4-12H,3H2,1-2H3. The lowest BCUT2D eigenvalue weighted by Gasteiger charge is -2.06. The highest BCUT2D eigenvalue weighted by Crippen LogP contribution is 2.38. The molecule has 5 nitrogen and oxygen atoms in total. The minimum absolute atomic E-state index is 0.0527. The molecule has 0 radical (unpaired) electrons. The Morgan fingerprint density at radius 3 is 2.34 bits per heavy atom. The smallest absolute Gasteiger partial charge is 0.416 e. The van der Waals surface area contributed by atoms with Crippen LogP contribution >= 0.6 is 11.3 Å². The molecule has 32 heavy (non-hydrogen) atoms. The van der Waals surface area contributed by atoms with Crippen LogP contribution in [-0.4, -0.2) is 22.5 Å². The number of hydrogen-bond acceptors (Lipinski definition) is 6. The average Bonchev–Trinajstić information content (AvgIpc) is 3.38. The molecule has 4 aromatic rings. The number of hydrogen-bond donors (Lipinski definition) is 0. The monoisotopic (exact) mass is 458 g/mol. The molecule has 0 spiro atoms. The van der Waals surface area contributed by atoms with Gasteiger partial charge in [-0.25, -0.2) is 14.8 Å². The second kappa shape index (κ2) is 8.58. The van der Waals surface area contributed by atoms with Gasteiger partial charge in [0.15, 0.2) is 11.5 Å². The van der Waals surface area contributed by atoms with Crippen LogP contribution in [0.2, 0.25) is 0 Å². The third-order valence-electron chi connectivity index (χ3n) is 4.58. The number of nitrogens with zero attached hydrogens (tertiary/aromatic N) is 2. The normalized spacial score (nSPS) is 11.5. The summed E-state index contributed by atoms with van der Waals surface area (Å²) in [6, 6.07) is 13.8. The summed E-state index contributed by atoms with van der Waals surface area (Å²) >= 11 is 1.22. The Morgan fingerprint density at radius 1 is 1.03 bits per heavy atom. The number of oxazole rings is 1. The van der Waals surface area contributed by atoms with E-state index in [0.29, 0.717) is 26.7 Å². The maximum Gasteiger partial charge on any atom is 0.416 e. The third-order valence-corrected chi connectivity index (χ3v) is 5.78. The zero-order valence-corrected chi connectivity index (χ0v) is 17.9. The quantitative estimate of drug-likeness (QED) is 0.314. The number of aryl methyl sites for hydroxylation is 1. The van der Waals surface area contributed by atoms with Crippen molar-refractivity contribution in [3.8, 4) is 32.7 Å². The average molecular weight is 458 g/mol. The van der Waals surface area contributed by atoms with Crippen molar-refractivity contribution >= 4 is 17.3 Å². The molecule has 2 heterocycles. The van der Waals surface area contributed by atoms with Crippen molar-refractivity contribution < 1.29 is 27.1 Å². The summed E-state index contributed by atoms with van der Waals surface area (Å²) in [5, 5.41) is 0.517. The maximum absolute atomic E-state index is 12.8. The van der Waals surface area contributed by atoms with Gasteiger partial charge in [-0.3, -0.25) is 0 Å². The highest BCUT2D eigenvalue weighted by molar-refractivity contribution is 7.18. The Labute approximate surface area is 185 Å². The lowest BCUT2D eigenvalue weighted by Crippen LogP contribution is -2.06.